The van der Waals surface area contributed by atoms with Crippen molar-refractivity contribution in [3.05, 3.63) is 12.7 Å². The fraction of sp³-hybridized carbons (Fsp3) is 0.643. The van der Waals surface area contributed by atoms with Crippen LogP contribution < -0.4 is 0 Å². The predicted molar refractivity (Wildman–Crippen MR) is 67.1 cm³/mol. The van der Waals surface area contributed by atoms with Crippen LogP contribution in [0.1, 0.15) is 20.8 Å². The van der Waals surface area contributed by atoms with Gasteiger partial charge in [-0.25, -0.2) is 0 Å². The summed E-state index contributed by atoms with van der Waals surface area (Å²) in [6.07, 6.45) is -1.08. The number of carbonyl (C=O) groups is 1. The normalized spacial score (nSPS) is 35.3. The zero-order valence-electron chi connectivity index (χ0n) is 11.3. The average molecular weight is 266 g/mol. The van der Waals surface area contributed by atoms with E-state index in [1.165, 1.54) is 6.08 Å². The van der Waals surface area contributed by atoms with Gasteiger partial charge in [0.1, 0.15) is 18.8 Å². The summed E-state index contributed by atoms with van der Waals surface area (Å²) < 4.78 is 22.5. The van der Waals surface area contributed by atoms with Gasteiger partial charge in [-0.1, -0.05) is 12.5 Å². The number of ether oxygens (including phenoxy) is 4. The van der Waals surface area contributed by atoms with Crippen molar-refractivity contribution >= 4 is 5.78 Å². The molecule has 0 spiro atoms. The molecule has 0 aliphatic carbocycles. The van der Waals surface area contributed by atoms with Gasteiger partial charge in [-0.3, -0.25) is 4.79 Å². The molecule has 19 heavy (non-hydrogen) atoms. The number of ketones is 1. The molecule has 0 saturated carbocycles. The first kappa shape index (κ1) is 14.2. The first-order valence-corrected chi connectivity index (χ1v) is 6.17. The second kappa shape index (κ2) is 5.43. The molecule has 0 N–H and O–H groups in total. The maximum Gasteiger partial charge on any atom is 0.190 e. The van der Waals surface area contributed by atoms with Crippen LogP contribution in [0.5, 0.6) is 0 Å². The van der Waals surface area contributed by atoms with Crippen molar-refractivity contribution in [1.29, 1.82) is 0 Å². The molecule has 5 nitrogen and oxygen atoms in total. The number of rotatable bonds is 4. The van der Waals surface area contributed by atoms with Gasteiger partial charge in [-0.05, 0) is 26.8 Å². The monoisotopic (exact) mass is 266 g/mol. The molecule has 0 unspecified atom stereocenters. The maximum absolute atomic E-state index is 11.8. The zero-order valence-corrected chi connectivity index (χ0v) is 11.3. The molecule has 0 radical (unpaired) electrons. The molecule has 2 fully saturated rings. The van der Waals surface area contributed by atoms with E-state index < -0.39 is 30.4 Å². The standard InChI is InChI=1S/C14H18O5/c1-5-7-8-16-11-10(9(15)6-2)17-13-12(11)18-14(3,4)19-13/h6,10-13H,2,8H2,1,3-4H3/t10-,11+,12-,13-/m1/s1. The summed E-state index contributed by atoms with van der Waals surface area (Å²) in [6.45, 7) is 9.00. The van der Waals surface area contributed by atoms with Gasteiger partial charge >= 0.3 is 0 Å². The molecule has 2 heterocycles. The van der Waals surface area contributed by atoms with E-state index in [0.717, 1.165) is 0 Å². The van der Waals surface area contributed by atoms with Gasteiger partial charge in [-0.2, -0.15) is 0 Å². The lowest BCUT2D eigenvalue weighted by Gasteiger charge is -2.24. The summed E-state index contributed by atoms with van der Waals surface area (Å²) >= 11 is 0. The number of carbonyl (C=O) groups excluding carboxylic acids is 1. The van der Waals surface area contributed by atoms with Crippen LogP contribution in [0.4, 0.5) is 0 Å². The molecule has 0 amide bonds. The molecule has 2 saturated heterocycles. The number of fused-ring (bicyclic) bond motifs is 1. The zero-order chi connectivity index (χ0) is 14.0. The van der Waals surface area contributed by atoms with Crippen molar-refractivity contribution < 1.29 is 23.7 Å². The molecule has 5 heteroatoms. The molecule has 2 rings (SSSR count). The third-order valence-electron chi connectivity index (χ3n) is 3.00. The van der Waals surface area contributed by atoms with Crippen molar-refractivity contribution in [2.24, 2.45) is 0 Å². The van der Waals surface area contributed by atoms with Crippen LogP contribution in [0.25, 0.3) is 0 Å². The SMILES string of the molecule is C=CC(=O)[C@H]1O[C@@H]2OC(C)(C)O[C@@H]2[C@H]1OCC#CC. The van der Waals surface area contributed by atoms with Gasteiger partial charge in [0.05, 0.1) is 0 Å². The van der Waals surface area contributed by atoms with E-state index in [1.54, 1.807) is 20.8 Å². The van der Waals surface area contributed by atoms with Crippen molar-refractivity contribution in [3.63, 3.8) is 0 Å². The first-order valence-electron chi connectivity index (χ1n) is 6.17. The Morgan fingerprint density at radius 1 is 1.47 bits per heavy atom. The van der Waals surface area contributed by atoms with Crippen LogP contribution in [0.15, 0.2) is 12.7 Å². The summed E-state index contributed by atoms with van der Waals surface area (Å²) in [4.78, 5) is 11.8. The molecular formula is C14H18O5. The van der Waals surface area contributed by atoms with Gasteiger partial charge in [0.2, 0.25) is 0 Å². The molecule has 2 aliphatic rings. The highest BCUT2D eigenvalue weighted by Gasteiger charge is 2.56. The Morgan fingerprint density at radius 3 is 2.84 bits per heavy atom. The molecule has 0 aromatic carbocycles. The van der Waals surface area contributed by atoms with Crippen LogP contribution in [0.3, 0.4) is 0 Å². The van der Waals surface area contributed by atoms with Crippen molar-refractivity contribution in [2.45, 2.75) is 51.2 Å². The fourth-order valence-electron chi connectivity index (χ4n) is 2.22. The summed E-state index contributed by atoms with van der Waals surface area (Å²) in [5.41, 5.74) is 0. The van der Waals surface area contributed by atoms with E-state index in [1.807, 2.05) is 0 Å². The molecule has 2 aliphatic heterocycles. The van der Waals surface area contributed by atoms with Crippen LogP contribution in [0.2, 0.25) is 0 Å². The summed E-state index contributed by atoms with van der Waals surface area (Å²) in [5, 5.41) is 0. The lowest BCUT2D eigenvalue weighted by Crippen LogP contribution is -2.40. The Kier molecular flexibility index (Phi) is 4.07. The van der Waals surface area contributed by atoms with Crippen molar-refractivity contribution in [1.82, 2.24) is 0 Å². The third kappa shape index (κ3) is 2.88. The van der Waals surface area contributed by atoms with Gasteiger partial charge in [0.15, 0.2) is 24.0 Å². The lowest BCUT2D eigenvalue weighted by molar-refractivity contribution is -0.215. The number of hydrogen-bond donors (Lipinski definition) is 0. The number of hydrogen-bond acceptors (Lipinski definition) is 5. The highest BCUT2D eigenvalue weighted by molar-refractivity contribution is 5.93. The molecule has 0 aromatic heterocycles. The second-order valence-electron chi connectivity index (χ2n) is 4.83. The quantitative estimate of drug-likeness (QED) is 0.562. The smallest absolute Gasteiger partial charge is 0.190 e. The van der Waals surface area contributed by atoms with Crippen LogP contribution in [-0.2, 0) is 23.7 Å². The van der Waals surface area contributed by atoms with E-state index in [2.05, 4.69) is 18.4 Å². The van der Waals surface area contributed by atoms with E-state index in [-0.39, 0.29) is 12.4 Å². The Balaban J connectivity index is 2.12. The fourth-order valence-corrected chi connectivity index (χ4v) is 2.22. The molecule has 0 aromatic rings. The molecular weight excluding hydrogens is 248 g/mol. The summed E-state index contributed by atoms with van der Waals surface area (Å²) in [6, 6.07) is 0. The topological polar surface area (TPSA) is 54.0 Å². The van der Waals surface area contributed by atoms with E-state index in [9.17, 15) is 4.79 Å². The minimum atomic E-state index is -0.748. The Labute approximate surface area is 112 Å². The maximum atomic E-state index is 11.8. The van der Waals surface area contributed by atoms with Crippen molar-refractivity contribution in [2.75, 3.05) is 6.61 Å². The Morgan fingerprint density at radius 2 is 2.21 bits per heavy atom. The van der Waals surface area contributed by atoms with E-state index in [4.69, 9.17) is 18.9 Å². The van der Waals surface area contributed by atoms with Crippen molar-refractivity contribution in [3.8, 4) is 11.8 Å². The molecule has 4 atom stereocenters. The summed E-state index contributed by atoms with van der Waals surface area (Å²) in [5.74, 6) is 4.54. The Bertz CT molecular complexity index is 431. The van der Waals surface area contributed by atoms with Crippen LogP contribution >= 0.6 is 0 Å². The van der Waals surface area contributed by atoms with Gasteiger partial charge in [0, 0.05) is 0 Å². The molecule has 0 bridgehead atoms. The van der Waals surface area contributed by atoms with Gasteiger partial charge in [0.25, 0.3) is 0 Å². The minimum Gasteiger partial charge on any atom is -0.359 e. The first-order chi connectivity index (χ1) is 8.98. The predicted octanol–water partition coefficient (Wildman–Crippen LogP) is 1.03. The van der Waals surface area contributed by atoms with E-state index in [0.29, 0.717) is 0 Å². The van der Waals surface area contributed by atoms with Gasteiger partial charge in [-0.15, -0.1) is 5.92 Å². The van der Waals surface area contributed by atoms with Crippen LogP contribution in [0, 0.1) is 11.8 Å². The molecule has 104 valence electrons. The second-order valence-corrected chi connectivity index (χ2v) is 4.83. The highest BCUT2D eigenvalue weighted by Crippen LogP contribution is 2.38. The third-order valence-corrected chi connectivity index (χ3v) is 3.00. The highest BCUT2D eigenvalue weighted by atomic mass is 16.8. The minimum absolute atomic E-state index is 0.221. The average Bonchev–Trinajstić information content (AvgIpc) is 2.82. The van der Waals surface area contributed by atoms with Gasteiger partial charge < -0.3 is 18.9 Å². The largest absolute Gasteiger partial charge is 0.359 e. The van der Waals surface area contributed by atoms with E-state index >= 15 is 0 Å². The lowest BCUT2D eigenvalue weighted by atomic mass is 10.1. The van der Waals surface area contributed by atoms with Crippen LogP contribution in [-0.4, -0.2) is 42.8 Å². The summed E-state index contributed by atoms with van der Waals surface area (Å²) in [7, 11) is 0. The Hall–Kier alpha value is -1.19.